The molecule has 0 aromatic rings. The lowest BCUT2D eigenvalue weighted by Gasteiger charge is -2.23. The van der Waals surface area contributed by atoms with E-state index in [1.54, 1.807) is 0 Å². The van der Waals surface area contributed by atoms with Crippen molar-refractivity contribution >= 4 is 5.78 Å². The zero-order valence-electron chi connectivity index (χ0n) is 10.4. The lowest BCUT2D eigenvalue weighted by atomic mass is 9.98. The maximum Gasteiger partial charge on any atom is 0.166 e. The molecule has 1 fully saturated rings. The van der Waals surface area contributed by atoms with Crippen molar-refractivity contribution in [3.8, 4) is 0 Å². The first-order valence-electron chi connectivity index (χ1n) is 5.96. The molecule has 1 aliphatic heterocycles. The molecule has 94 valence electrons. The average molecular weight is 230 g/mol. The van der Waals surface area contributed by atoms with E-state index in [0.29, 0.717) is 19.4 Å². The van der Waals surface area contributed by atoms with Gasteiger partial charge in [0, 0.05) is 18.8 Å². The number of carbonyl (C=O) groups is 1. The van der Waals surface area contributed by atoms with Gasteiger partial charge in [0.15, 0.2) is 5.79 Å². The van der Waals surface area contributed by atoms with Crippen LogP contribution < -0.4 is 0 Å². The largest absolute Gasteiger partial charge is 0.394 e. The Morgan fingerprint density at radius 2 is 2.31 bits per heavy atom. The summed E-state index contributed by atoms with van der Waals surface area (Å²) >= 11 is 0. The number of carbonyl (C=O) groups excluding carboxylic acids is 1. The molecule has 0 bridgehead atoms. The van der Waals surface area contributed by atoms with E-state index in [1.165, 1.54) is 0 Å². The normalized spacial score (nSPS) is 31.6. The highest BCUT2D eigenvalue weighted by atomic mass is 16.7. The molecule has 1 rings (SSSR count). The van der Waals surface area contributed by atoms with E-state index < -0.39 is 5.79 Å². The van der Waals surface area contributed by atoms with E-state index >= 15 is 0 Å². The van der Waals surface area contributed by atoms with Crippen LogP contribution in [0, 0.1) is 5.92 Å². The van der Waals surface area contributed by atoms with Crippen LogP contribution in [0.2, 0.25) is 0 Å². The molecule has 0 aromatic heterocycles. The van der Waals surface area contributed by atoms with Gasteiger partial charge in [-0.05, 0) is 13.3 Å². The molecule has 1 saturated heterocycles. The van der Waals surface area contributed by atoms with Crippen molar-refractivity contribution in [1.82, 2.24) is 0 Å². The summed E-state index contributed by atoms with van der Waals surface area (Å²) in [5, 5.41) is 8.93. The molecule has 1 N–H and O–H groups in total. The van der Waals surface area contributed by atoms with Crippen molar-refractivity contribution in [1.29, 1.82) is 0 Å². The lowest BCUT2D eigenvalue weighted by Crippen LogP contribution is -2.29. The third-order valence-corrected chi connectivity index (χ3v) is 3.18. The average Bonchev–Trinajstić information content (AvgIpc) is 2.67. The van der Waals surface area contributed by atoms with Crippen LogP contribution in [0.1, 0.15) is 40.0 Å². The first-order chi connectivity index (χ1) is 7.50. The van der Waals surface area contributed by atoms with Crippen LogP contribution in [-0.4, -0.2) is 36.0 Å². The van der Waals surface area contributed by atoms with Gasteiger partial charge in [0.25, 0.3) is 0 Å². The molecule has 3 unspecified atom stereocenters. The first kappa shape index (κ1) is 13.6. The third-order valence-electron chi connectivity index (χ3n) is 3.18. The van der Waals surface area contributed by atoms with Crippen molar-refractivity contribution in [2.24, 2.45) is 5.92 Å². The van der Waals surface area contributed by atoms with Gasteiger partial charge in [0.05, 0.1) is 13.2 Å². The van der Waals surface area contributed by atoms with E-state index in [9.17, 15) is 4.79 Å². The molecule has 3 atom stereocenters. The number of hydrogen-bond acceptors (Lipinski definition) is 4. The molecule has 1 heterocycles. The Kier molecular flexibility index (Phi) is 4.89. The Hall–Kier alpha value is -0.450. The van der Waals surface area contributed by atoms with Crippen molar-refractivity contribution in [3.63, 3.8) is 0 Å². The summed E-state index contributed by atoms with van der Waals surface area (Å²) in [7, 11) is 0. The van der Waals surface area contributed by atoms with E-state index in [1.807, 2.05) is 20.8 Å². The van der Waals surface area contributed by atoms with Gasteiger partial charge < -0.3 is 14.6 Å². The molecule has 1 aliphatic rings. The second kappa shape index (κ2) is 5.75. The summed E-state index contributed by atoms with van der Waals surface area (Å²) in [6.45, 7) is 6.15. The van der Waals surface area contributed by atoms with Crippen molar-refractivity contribution < 1.29 is 19.4 Å². The number of aliphatic hydroxyl groups excluding tert-OH is 1. The predicted octanol–water partition coefficient (Wildman–Crippen LogP) is 1.51. The number of aliphatic hydroxyl groups is 1. The molecule has 4 nitrogen and oxygen atoms in total. The van der Waals surface area contributed by atoms with Crippen LogP contribution in [0.15, 0.2) is 0 Å². The molecule has 16 heavy (non-hydrogen) atoms. The maximum absolute atomic E-state index is 11.7. The van der Waals surface area contributed by atoms with Gasteiger partial charge in [-0.1, -0.05) is 13.8 Å². The summed E-state index contributed by atoms with van der Waals surface area (Å²) < 4.78 is 11.0. The molecular weight excluding hydrogens is 208 g/mol. The Labute approximate surface area is 96.9 Å². The second-order valence-corrected chi connectivity index (χ2v) is 4.64. The Morgan fingerprint density at radius 1 is 1.62 bits per heavy atom. The van der Waals surface area contributed by atoms with Crippen LogP contribution >= 0.6 is 0 Å². The Bertz CT molecular complexity index is 241. The third kappa shape index (κ3) is 3.54. The van der Waals surface area contributed by atoms with Gasteiger partial charge in [0.1, 0.15) is 11.9 Å². The summed E-state index contributed by atoms with van der Waals surface area (Å²) in [4.78, 5) is 11.7. The van der Waals surface area contributed by atoms with Crippen molar-refractivity contribution in [2.75, 3.05) is 13.2 Å². The molecule has 0 saturated carbocycles. The van der Waals surface area contributed by atoms with E-state index in [2.05, 4.69) is 0 Å². The van der Waals surface area contributed by atoms with Crippen LogP contribution in [0.3, 0.4) is 0 Å². The Balaban J connectivity index is 2.35. The molecule has 0 aromatic carbocycles. The fourth-order valence-electron chi connectivity index (χ4n) is 1.74. The van der Waals surface area contributed by atoms with Gasteiger partial charge in [-0.25, -0.2) is 0 Å². The van der Waals surface area contributed by atoms with E-state index in [-0.39, 0.29) is 24.4 Å². The summed E-state index contributed by atoms with van der Waals surface area (Å²) in [6, 6.07) is 0. The van der Waals surface area contributed by atoms with E-state index in [0.717, 1.165) is 6.42 Å². The van der Waals surface area contributed by atoms with Crippen molar-refractivity contribution in [3.05, 3.63) is 0 Å². The number of hydrogen-bond donors (Lipinski definition) is 1. The van der Waals surface area contributed by atoms with Gasteiger partial charge >= 0.3 is 0 Å². The van der Waals surface area contributed by atoms with Gasteiger partial charge in [-0.15, -0.1) is 0 Å². The molecule has 0 aliphatic carbocycles. The number of Topliss-reactive ketones (excluding diaryl/α,β-unsaturated/α-hetero) is 1. The summed E-state index contributed by atoms with van der Waals surface area (Å²) in [6.07, 6.45) is 1.66. The summed E-state index contributed by atoms with van der Waals surface area (Å²) in [5.41, 5.74) is 0. The minimum atomic E-state index is -0.698. The highest BCUT2D eigenvalue weighted by Crippen LogP contribution is 2.28. The van der Waals surface area contributed by atoms with Crippen LogP contribution in [0.25, 0.3) is 0 Å². The minimum absolute atomic E-state index is 0.0328. The fourth-order valence-corrected chi connectivity index (χ4v) is 1.74. The zero-order chi connectivity index (χ0) is 12.2. The maximum atomic E-state index is 11.7. The van der Waals surface area contributed by atoms with Crippen LogP contribution in [0.5, 0.6) is 0 Å². The molecule has 0 spiro atoms. The van der Waals surface area contributed by atoms with Gasteiger partial charge in [-0.3, -0.25) is 4.79 Å². The van der Waals surface area contributed by atoms with Gasteiger partial charge in [-0.2, -0.15) is 0 Å². The molecule has 0 radical (unpaired) electrons. The smallest absolute Gasteiger partial charge is 0.166 e. The topological polar surface area (TPSA) is 55.8 Å². The second-order valence-electron chi connectivity index (χ2n) is 4.64. The Morgan fingerprint density at radius 3 is 2.81 bits per heavy atom. The predicted molar refractivity (Wildman–Crippen MR) is 60.0 cm³/mol. The molecule has 0 amide bonds. The minimum Gasteiger partial charge on any atom is -0.394 e. The number of ketones is 1. The quantitative estimate of drug-likeness (QED) is 0.751. The molecule has 4 heteroatoms. The zero-order valence-corrected chi connectivity index (χ0v) is 10.4. The SMILES string of the molecule is CCC(C)C(=O)CCC1(C)OCC(CO)O1. The fraction of sp³-hybridized carbons (Fsp3) is 0.917. The van der Waals surface area contributed by atoms with Crippen LogP contribution in [0.4, 0.5) is 0 Å². The van der Waals surface area contributed by atoms with E-state index in [4.69, 9.17) is 14.6 Å². The highest BCUT2D eigenvalue weighted by Gasteiger charge is 2.37. The standard InChI is InChI=1S/C12H22O4/c1-4-9(2)11(14)5-6-12(3)15-8-10(7-13)16-12/h9-10,13H,4-8H2,1-3H3. The first-order valence-corrected chi connectivity index (χ1v) is 5.96. The molecular formula is C12H22O4. The van der Waals surface area contributed by atoms with Crippen LogP contribution in [-0.2, 0) is 14.3 Å². The summed E-state index contributed by atoms with van der Waals surface area (Å²) in [5.74, 6) is -0.335. The van der Waals surface area contributed by atoms with Crippen molar-refractivity contribution in [2.45, 2.75) is 51.9 Å². The number of rotatable bonds is 6. The lowest BCUT2D eigenvalue weighted by molar-refractivity contribution is -0.165. The van der Waals surface area contributed by atoms with Gasteiger partial charge in [0.2, 0.25) is 0 Å². The number of ether oxygens (including phenoxy) is 2. The monoisotopic (exact) mass is 230 g/mol. The highest BCUT2D eigenvalue weighted by molar-refractivity contribution is 5.80.